The van der Waals surface area contributed by atoms with Gasteiger partial charge in [0, 0.05) is 25.7 Å². The molecule has 0 aromatic carbocycles. The molecule has 516 valence electrons. The lowest BCUT2D eigenvalue weighted by Gasteiger charge is -2.21. The maximum absolute atomic E-state index is 13.0. The first-order valence-electron chi connectivity index (χ1n) is 35.4. The molecule has 0 saturated heterocycles. The molecule has 6 atom stereocenters. The second-order valence-electron chi connectivity index (χ2n) is 25.8. The fourth-order valence-corrected chi connectivity index (χ4v) is 11.7. The van der Waals surface area contributed by atoms with Gasteiger partial charge in [-0.1, -0.05) is 286 Å². The number of rotatable bonds is 66. The highest BCUT2D eigenvalue weighted by molar-refractivity contribution is 7.47. The van der Waals surface area contributed by atoms with Crippen molar-refractivity contribution in [2.45, 2.75) is 356 Å². The van der Waals surface area contributed by atoms with Crippen LogP contribution in [0.25, 0.3) is 0 Å². The van der Waals surface area contributed by atoms with Crippen molar-refractivity contribution in [2.75, 3.05) is 39.6 Å². The number of phosphoric acid groups is 2. The Kier molecular flexibility index (Phi) is 57.8. The minimum atomic E-state index is -4.95. The molecule has 19 heteroatoms. The van der Waals surface area contributed by atoms with Gasteiger partial charge in [0.05, 0.1) is 26.4 Å². The molecule has 17 nitrogen and oxygen atoms in total. The smallest absolute Gasteiger partial charge is 0.462 e. The molecule has 0 heterocycles. The Morgan fingerprint density at radius 3 is 0.874 bits per heavy atom. The Morgan fingerprint density at radius 2 is 0.586 bits per heavy atom. The molecular formula is C68H132O17P2. The number of carbonyl (C=O) groups excluding carboxylic acids is 4. The van der Waals surface area contributed by atoms with Crippen LogP contribution >= 0.6 is 15.6 Å². The van der Waals surface area contributed by atoms with Gasteiger partial charge in [-0.15, -0.1) is 0 Å². The standard InChI is InChI=1S/C68H132O17P2/c1-8-10-11-12-13-27-35-42-49-65(70)78-56-64(85-68(73)52-45-38-31-30-34-41-48-61(7)9-2)58-83-87(76,77)81-54-62(69)53-80-86(74,75)82-57-63(55-79-66(71)50-43-36-29-24-26-33-40-47-60(5)6)84-67(72)51-44-37-28-23-21-19-17-15-14-16-18-20-22-25-32-39-46-59(3)4/h59-64,69H,8-58H2,1-7H3,(H,74,75)(H,76,77)/t61?,62-,63-,64-/m1/s1. The Morgan fingerprint density at radius 1 is 0.333 bits per heavy atom. The van der Waals surface area contributed by atoms with Crippen molar-refractivity contribution in [1.29, 1.82) is 0 Å². The Balaban J connectivity index is 5.17. The van der Waals surface area contributed by atoms with Crippen LogP contribution in [-0.4, -0.2) is 96.7 Å². The van der Waals surface area contributed by atoms with Gasteiger partial charge in [0.15, 0.2) is 12.2 Å². The average Bonchev–Trinajstić information content (AvgIpc) is 3.70. The molecule has 87 heavy (non-hydrogen) atoms. The highest BCUT2D eigenvalue weighted by Crippen LogP contribution is 2.45. The van der Waals surface area contributed by atoms with Crippen molar-refractivity contribution in [3.05, 3.63) is 0 Å². The Hall–Kier alpha value is -1.94. The highest BCUT2D eigenvalue weighted by atomic mass is 31.2. The number of esters is 4. The normalized spacial score (nSPS) is 14.6. The topological polar surface area (TPSA) is 237 Å². The van der Waals surface area contributed by atoms with Crippen LogP contribution in [0, 0.1) is 17.8 Å². The monoisotopic (exact) mass is 1280 g/mol. The number of ether oxygens (including phenoxy) is 4. The van der Waals surface area contributed by atoms with Crippen molar-refractivity contribution in [2.24, 2.45) is 17.8 Å². The van der Waals surface area contributed by atoms with Crippen molar-refractivity contribution in [3.63, 3.8) is 0 Å². The van der Waals surface area contributed by atoms with Crippen LogP contribution in [0.3, 0.4) is 0 Å². The van der Waals surface area contributed by atoms with E-state index in [9.17, 15) is 43.2 Å². The predicted octanol–water partition coefficient (Wildman–Crippen LogP) is 19.1. The van der Waals surface area contributed by atoms with E-state index in [1.165, 1.54) is 135 Å². The maximum atomic E-state index is 13.0. The molecule has 0 amide bonds. The lowest BCUT2D eigenvalue weighted by atomic mass is 10.00. The Bertz CT molecular complexity index is 1720. The largest absolute Gasteiger partial charge is 0.472 e. The summed E-state index contributed by atoms with van der Waals surface area (Å²) in [6, 6.07) is 0. The fourth-order valence-electron chi connectivity index (χ4n) is 10.2. The zero-order valence-electron chi connectivity index (χ0n) is 56.5. The molecule has 3 N–H and O–H groups in total. The number of hydrogen-bond donors (Lipinski definition) is 3. The van der Waals surface area contributed by atoms with E-state index in [-0.39, 0.29) is 25.7 Å². The van der Waals surface area contributed by atoms with Crippen molar-refractivity contribution in [3.8, 4) is 0 Å². The van der Waals surface area contributed by atoms with E-state index in [0.29, 0.717) is 31.6 Å². The lowest BCUT2D eigenvalue weighted by molar-refractivity contribution is -0.161. The number of carbonyl (C=O) groups is 4. The summed E-state index contributed by atoms with van der Waals surface area (Å²) >= 11 is 0. The van der Waals surface area contributed by atoms with E-state index in [0.717, 1.165) is 115 Å². The number of phosphoric ester groups is 2. The van der Waals surface area contributed by atoms with Crippen LogP contribution < -0.4 is 0 Å². The van der Waals surface area contributed by atoms with Crippen molar-refractivity contribution >= 4 is 39.5 Å². The average molecular weight is 1280 g/mol. The number of aliphatic hydroxyl groups is 1. The third-order valence-corrected chi connectivity index (χ3v) is 17.9. The molecule has 0 fully saturated rings. The van der Waals surface area contributed by atoms with Gasteiger partial charge in [-0.25, -0.2) is 9.13 Å². The molecule has 0 aliphatic heterocycles. The second kappa shape index (κ2) is 59.1. The van der Waals surface area contributed by atoms with Gasteiger partial charge in [-0.05, 0) is 43.4 Å². The van der Waals surface area contributed by atoms with Gasteiger partial charge in [0.25, 0.3) is 0 Å². The highest BCUT2D eigenvalue weighted by Gasteiger charge is 2.30. The van der Waals surface area contributed by atoms with Crippen LogP contribution in [0.15, 0.2) is 0 Å². The van der Waals surface area contributed by atoms with Crippen LogP contribution in [0.4, 0.5) is 0 Å². The van der Waals surface area contributed by atoms with E-state index < -0.39 is 97.5 Å². The summed E-state index contributed by atoms with van der Waals surface area (Å²) < 4.78 is 68.1. The van der Waals surface area contributed by atoms with Crippen LogP contribution in [-0.2, 0) is 65.4 Å². The summed E-state index contributed by atoms with van der Waals surface area (Å²) in [7, 11) is -9.89. The number of unbranched alkanes of at least 4 members (excludes halogenated alkanes) is 33. The van der Waals surface area contributed by atoms with Crippen LogP contribution in [0.1, 0.15) is 337 Å². The van der Waals surface area contributed by atoms with E-state index in [2.05, 4.69) is 48.5 Å². The first-order chi connectivity index (χ1) is 41.8. The number of hydrogen-bond acceptors (Lipinski definition) is 15. The number of aliphatic hydroxyl groups excluding tert-OH is 1. The minimum absolute atomic E-state index is 0.102. The van der Waals surface area contributed by atoms with E-state index >= 15 is 0 Å². The first kappa shape index (κ1) is 85.1. The molecule has 0 aliphatic carbocycles. The summed E-state index contributed by atoms with van der Waals surface area (Å²) in [4.78, 5) is 72.3. The molecule has 0 aromatic rings. The van der Waals surface area contributed by atoms with Gasteiger partial charge >= 0.3 is 39.5 Å². The van der Waals surface area contributed by atoms with E-state index in [1.54, 1.807) is 0 Å². The summed E-state index contributed by atoms with van der Waals surface area (Å²) in [5, 5.41) is 10.6. The third-order valence-electron chi connectivity index (χ3n) is 16.0. The zero-order chi connectivity index (χ0) is 64.5. The van der Waals surface area contributed by atoms with Crippen LogP contribution in [0.5, 0.6) is 0 Å². The maximum Gasteiger partial charge on any atom is 0.472 e. The SMILES string of the molecule is CCCCCCCCCCC(=O)OC[C@H](COP(=O)(O)OC[C@H](O)COP(=O)(O)OC[C@@H](COC(=O)CCCCCCCCCC(C)C)OC(=O)CCCCCCCCCCCCCCCCCCC(C)C)OC(=O)CCCCCCCCC(C)CC. The van der Waals surface area contributed by atoms with Crippen molar-refractivity contribution < 1.29 is 80.2 Å². The van der Waals surface area contributed by atoms with Gasteiger partial charge < -0.3 is 33.8 Å². The Labute approximate surface area is 530 Å². The first-order valence-corrected chi connectivity index (χ1v) is 38.4. The zero-order valence-corrected chi connectivity index (χ0v) is 58.3. The third kappa shape index (κ3) is 61.3. The molecule has 0 saturated carbocycles. The second-order valence-corrected chi connectivity index (χ2v) is 28.7. The fraction of sp³-hybridized carbons (Fsp3) is 0.941. The molecule has 0 aromatic heterocycles. The van der Waals surface area contributed by atoms with Gasteiger partial charge in [0.1, 0.15) is 19.3 Å². The van der Waals surface area contributed by atoms with Gasteiger partial charge in [0.2, 0.25) is 0 Å². The molecule has 0 radical (unpaired) electrons. The molecule has 0 aliphatic rings. The van der Waals surface area contributed by atoms with E-state index in [1.807, 2.05) is 0 Å². The predicted molar refractivity (Wildman–Crippen MR) is 349 cm³/mol. The summed E-state index contributed by atoms with van der Waals surface area (Å²) in [5.74, 6) is 0.0988. The van der Waals surface area contributed by atoms with Crippen molar-refractivity contribution in [1.82, 2.24) is 0 Å². The molecule has 0 bridgehead atoms. The van der Waals surface area contributed by atoms with Gasteiger partial charge in [-0.2, -0.15) is 0 Å². The molecular weight excluding hydrogens is 1150 g/mol. The molecule has 0 rings (SSSR count). The summed E-state index contributed by atoms with van der Waals surface area (Å²) in [6.07, 6.45) is 41.9. The molecule has 3 unspecified atom stereocenters. The quantitative estimate of drug-likeness (QED) is 0.0222. The minimum Gasteiger partial charge on any atom is -0.462 e. The van der Waals surface area contributed by atoms with Gasteiger partial charge in [-0.3, -0.25) is 37.3 Å². The summed E-state index contributed by atoms with van der Waals surface area (Å²) in [6.45, 7) is 11.7. The lowest BCUT2D eigenvalue weighted by Crippen LogP contribution is -2.30. The molecule has 0 spiro atoms. The van der Waals surface area contributed by atoms with Crippen LogP contribution in [0.2, 0.25) is 0 Å². The summed E-state index contributed by atoms with van der Waals surface area (Å²) in [5.41, 5.74) is 0. The van der Waals surface area contributed by atoms with E-state index in [4.69, 9.17) is 37.0 Å².